The Balaban J connectivity index is 0.00000141. The number of methoxy groups -OCH3 is 1. The van der Waals surface area contributed by atoms with Crippen molar-refractivity contribution in [2.45, 2.75) is 91.6 Å². The van der Waals surface area contributed by atoms with Gasteiger partial charge in [0.15, 0.2) is 0 Å². The van der Waals surface area contributed by atoms with Crippen LogP contribution in [0.4, 0.5) is 0 Å². The molecular weight excluding hydrogens is 524 g/mol. The van der Waals surface area contributed by atoms with Gasteiger partial charge in [0.25, 0.3) is 0 Å². The minimum atomic E-state index is -0.602. The number of allylic oxidation sites excluding steroid dienone is 13. The van der Waals surface area contributed by atoms with Crippen LogP contribution in [-0.2, 0) is 14.3 Å². The lowest BCUT2D eigenvalue weighted by molar-refractivity contribution is -0.142. The molecule has 0 radical (unpaired) electrons. The Kier molecular flexibility index (Phi) is 22.6. The van der Waals surface area contributed by atoms with E-state index in [1.54, 1.807) is 12.2 Å². The number of carbonyl (C=O) groups is 2. The molecule has 1 saturated carbocycles. The molecule has 6 heteroatoms. The van der Waals surface area contributed by atoms with Gasteiger partial charge in [0.2, 0.25) is 0 Å². The van der Waals surface area contributed by atoms with Crippen LogP contribution in [0.2, 0.25) is 0 Å². The highest BCUT2D eigenvalue weighted by Crippen LogP contribution is 2.23. The fourth-order valence-electron chi connectivity index (χ4n) is 3.81. The van der Waals surface area contributed by atoms with Gasteiger partial charge >= 0.3 is 11.9 Å². The topological polar surface area (TPSA) is 83.8 Å². The fourth-order valence-corrected chi connectivity index (χ4v) is 3.99. The van der Waals surface area contributed by atoms with Crippen LogP contribution in [0.15, 0.2) is 83.5 Å². The van der Waals surface area contributed by atoms with E-state index in [4.69, 9.17) is 16.7 Å². The minimum absolute atomic E-state index is 0.0289. The Bertz CT molecular complexity index is 915. The van der Waals surface area contributed by atoms with Crippen molar-refractivity contribution in [1.29, 1.82) is 0 Å². The van der Waals surface area contributed by atoms with Crippen LogP contribution in [-0.4, -0.2) is 35.4 Å². The molecule has 0 heterocycles. The smallest absolute Gasteiger partial charge is 0.330 e. The summed E-state index contributed by atoms with van der Waals surface area (Å²) >= 11 is 6.38. The highest BCUT2D eigenvalue weighted by Gasteiger charge is 2.19. The van der Waals surface area contributed by atoms with Crippen LogP contribution in [0.3, 0.4) is 0 Å². The lowest BCUT2D eigenvalue weighted by Gasteiger charge is -2.16. The molecular formula is C34H51ClO5. The summed E-state index contributed by atoms with van der Waals surface area (Å²) < 4.78 is 4.52. The molecule has 1 aliphatic rings. The van der Waals surface area contributed by atoms with E-state index < -0.39 is 5.97 Å². The second-order valence-corrected chi connectivity index (χ2v) is 11.0. The molecule has 0 aliphatic heterocycles. The summed E-state index contributed by atoms with van der Waals surface area (Å²) in [6.07, 6.45) is 30.9. The zero-order valence-electron chi connectivity index (χ0n) is 25.1. The first-order valence-corrected chi connectivity index (χ1v) is 14.8. The van der Waals surface area contributed by atoms with Crippen molar-refractivity contribution in [1.82, 2.24) is 0 Å². The number of rotatable bonds is 15. The summed E-state index contributed by atoms with van der Waals surface area (Å²) in [6, 6.07) is 0. The number of carboxylic acid groups (broad SMARTS) is 1. The number of esters is 1. The molecule has 2 N–H and O–H groups in total. The molecule has 0 bridgehead atoms. The summed E-state index contributed by atoms with van der Waals surface area (Å²) in [5, 5.41) is 19.5. The summed E-state index contributed by atoms with van der Waals surface area (Å²) in [5.74, 6) is -0.241. The number of hydrogen-bond donors (Lipinski definition) is 2. The summed E-state index contributed by atoms with van der Waals surface area (Å²) in [5.41, 5.74) is 1.04. The van der Waals surface area contributed by atoms with Crippen LogP contribution in [0, 0.1) is 17.8 Å². The standard InChI is InChI=1S/C27H39ClO3.C7H12O2/c1-22(2)14-8-6-7-9-17-25(29)21-20-24(4)26(28)18-12-10-15-23(3)16-11-13-19-27(30)31-5;8-7(9)6-4-2-1-3-5-6/h6-8,10-16,18-19,22,24-25,29H,9,17,20-21H2,1-5H3;6H,1-5H2,(H,8,9)/b7-6+,12-10+,14-8+,16-11+,19-13+,23-15+,26-18-;. The summed E-state index contributed by atoms with van der Waals surface area (Å²) in [6.45, 7) is 8.34. The largest absolute Gasteiger partial charge is 0.481 e. The maximum atomic E-state index is 11.0. The number of halogens is 1. The maximum Gasteiger partial charge on any atom is 0.330 e. The van der Waals surface area contributed by atoms with Gasteiger partial charge in [0, 0.05) is 11.1 Å². The minimum Gasteiger partial charge on any atom is -0.481 e. The SMILES string of the molecule is COC(=O)/C=C/C=C/C(C)=C/C=C/C=C(\Cl)C(C)CCC(O)CC/C=C/C=C/C(C)C.O=C(O)C1CCCCC1. The van der Waals surface area contributed by atoms with E-state index in [0.717, 1.165) is 62.0 Å². The molecule has 2 atom stereocenters. The van der Waals surface area contributed by atoms with E-state index >= 15 is 0 Å². The van der Waals surface area contributed by atoms with Crippen molar-refractivity contribution in [2.24, 2.45) is 17.8 Å². The van der Waals surface area contributed by atoms with Crippen LogP contribution in [0.5, 0.6) is 0 Å². The normalized spacial score (nSPS) is 17.3. The average molecular weight is 575 g/mol. The van der Waals surface area contributed by atoms with Crippen LogP contribution in [0.25, 0.3) is 0 Å². The van der Waals surface area contributed by atoms with Gasteiger partial charge in [-0.25, -0.2) is 4.79 Å². The molecule has 0 amide bonds. The zero-order valence-corrected chi connectivity index (χ0v) is 25.9. The molecule has 0 aromatic rings. The van der Waals surface area contributed by atoms with Crippen molar-refractivity contribution in [3.63, 3.8) is 0 Å². The van der Waals surface area contributed by atoms with Crippen molar-refractivity contribution in [3.8, 4) is 0 Å². The predicted octanol–water partition coefficient (Wildman–Crippen LogP) is 8.87. The van der Waals surface area contributed by atoms with E-state index in [2.05, 4.69) is 43.7 Å². The van der Waals surface area contributed by atoms with E-state index in [9.17, 15) is 14.7 Å². The molecule has 40 heavy (non-hydrogen) atoms. The van der Waals surface area contributed by atoms with Crippen molar-refractivity contribution in [3.05, 3.63) is 83.5 Å². The van der Waals surface area contributed by atoms with E-state index in [1.807, 2.05) is 43.4 Å². The number of ether oxygens (including phenoxy) is 1. The molecule has 1 aliphatic carbocycles. The lowest BCUT2D eigenvalue weighted by Crippen LogP contribution is -2.16. The number of carbonyl (C=O) groups excluding carboxylic acids is 1. The van der Waals surface area contributed by atoms with E-state index in [1.165, 1.54) is 19.6 Å². The number of hydrogen-bond acceptors (Lipinski definition) is 4. The van der Waals surface area contributed by atoms with Crippen molar-refractivity contribution >= 4 is 23.5 Å². The highest BCUT2D eigenvalue weighted by molar-refractivity contribution is 6.29. The van der Waals surface area contributed by atoms with Gasteiger partial charge in [-0.2, -0.15) is 0 Å². The predicted molar refractivity (Wildman–Crippen MR) is 168 cm³/mol. The zero-order chi connectivity index (χ0) is 30.2. The second-order valence-electron chi connectivity index (χ2n) is 10.5. The number of aliphatic hydroxyl groups is 1. The monoisotopic (exact) mass is 574 g/mol. The molecule has 0 spiro atoms. The Morgan fingerprint density at radius 3 is 2.15 bits per heavy atom. The number of aliphatic hydroxyl groups excluding tert-OH is 1. The molecule has 0 saturated heterocycles. The Morgan fingerprint density at radius 2 is 1.55 bits per heavy atom. The van der Waals surface area contributed by atoms with Crippen molar-refractivity contribution in [2.75, 3.05) is 7.11 Å². The van der Waals surface area contributed by atoms with E-state index in [0.29, 0.717) is 5.92 Å². The molecule has 0 aromatic carbocycles. The Labute approximate surface area is 247 Å². The van der Waals surface area contributed by atoms with Crippen LogP contribution >= 0.6 is 11.6 Å². The Hall–Kier alpha value is -2.63. The highest BCUT2D eigenvalue weighted by atomic mass is 35.5. The van der Waals surface area contributed by atoms with Gasteiger partial charge in [-0.15, -0.1) is 0 Å². The van der Waals surface area contributed by atoms with Gasteiger partial charge < -0.3 is 14.9 Å². The second kappa shape index (κ2) is 24.2. The first kappa shape index (κ1) is 37.4. The molecule has 224 valence electrons. The molecule has 1 fully saturated rings. The lowest BCUT2D eigenvalue weighted by atomic mass is 9.90. The van der Waals surface area contributed by atoms with Crippen LogP contribution < -0.4 is 0 Å². The van der Waals surface area contributed by atoms with Gasteiger partial charge in [-0.05, 0) is 63.4 Å². The molecule has 0 aromatic heterocycles. The summed E-state index contributed by atoms with van der Waals surface area (Å²) in [7, 11) is 1.35. The maximum absolute atomic E-state index is 11.0. The molecule has 1 rings (SSSR count). The molecule has 2 unspecified atom stereocenters. The summed E-state index contributed by atoms with van der Waals surface area (Å²) in [4.78, 5) is 21.3. The third-order valence-corrected chi connectivity index (χ3v) is 6.90. The van der Waals surface area contributed by atoms with Gasteiger partial charge in [0.1, 0.15) is 0 Å². The van der Waals surface area contributed by atoms with Gasteiger partial charge in [0.05, 0.1) is 19.1 Å². The third-order valence-electron chi connectivity index (χ3n) is 6.40. The quantitative estimate of drug-likeness (QED) is 0.116. The van der Waals surface area contributed by atoms with Gasteiger partial charge in [-0.1, -0.05) is 118 Å². The first-order chi connectivity index (χ1) is 19.1. The Morgan fingerprint density at radius 1 is 0.900 bits per heavy atom. The van der Waals surface area contributed by atoms with Gasteiger partial charge in [-0.3, -0.25) is 4.79 Å². The third kappa shape index (κ3) is 22.2. The molecule has 5 nitrogen and oxygen atoms in total. The number of carboxylic acids is 1. The fraction of sp³-hybridized carbons (Fsp3) is 0.529. The van der Waals surface area contributed by atoms with Crippen LogP contribution in [0.1, 0.15) is 85.5 Å². The average Bonchev–Trinajstić information content (AvgIpc) is 2.94. The van der Waals surface area contributed by atoms with Crippen molar-refractivity contribution < 1.29 is 24.5 Å². The number of aliphatic carboxylic acids is 1. The van der Waals surface area contributed by atoms with E-state index in [-0.39, 0.29) is 23.9 Å². The first-order valence-electron chi connectivity index (χ1n) is 14.4.